The molecule has 1 aromatic heterocycles. The topological polar surface area (TPSA) is 77.2 Å². The molecule has 0 atom stereocenters. The minimum atomic E-state index is -4.50. The van der Waals surface area contributed by atoms with E-state index in [1.165, 1.54) is 6.07 Å². The van der Waals surface area contributed by atoms with Crippen LogP contribution in [0.5, 0.6) is 5.75 Å². The molecule has 190 valence electrons. The van der Waals surface area contributed by atoms with Gasteiger partial charge in [0.1, 0.15) is 22.5 Å². The van der Waals surface area contributed by atoms with Crippen LogP contribution in [0.2, 0.25) is 25.7 Å². The van der Waals surface area contributed by atoms with Crippen molar-refractivity contribution in [2.45, 2.75) is 70.9 Å². The van der Waals surface area contributed by atoms with E-state index in [0.717, 1.165) is 28.5 Å². The van der Waals surface area contributed by atoms with Gasteiger partial charge in [0.25, 0.3) is 0 Å². The Bertz CT molecular complexity index is 1220. The third kappa shape index (κ3) is 6.84. The van der Waals surface area contributed by atoms with Gasteiger partial charge in [0, 0.05) is 20.1 Å². The number of esters is 1. The fourth-order valence-corrected chi connectivity index (χ4v) is 4.25. The number of fused-ring (bicyclic) bond motifs is 1. The lowest BCUT2D eigenvalue weighted by atomic mass is 9.84. The number of phenolic OH excluding ortho intramolecular Hbond substituents is 1. The summed E-state index contributed by atoms with van der Waals surface area (Å²) in [7, 11) is -1.30. The molecular weight excluding hydrogens is 475 g/mol. The van der Waals surface area contributed by atoms with E-state index >= 15 is 0 Å². The SMILES string of the molecule is CC(C)(C)c1cc(CCC(=O)OCC[Si](C)(C)C)cc(-n2nc3ccc(C(F)(F)F)cc3n2)c1O. The van der Waals surface area contributed by atoms with E-state index in [2.05, 4.69) is 29.8 Å². The zero-order valence-corrected chi connectivity index (χ0v) is 22.0. The maximum absolute atomic E-state index is 13.1. The molecule has 3 rings (SSSR count). The molecular formula is C25H32F3N3O3Si. The van der Waals surface area contributed by atoms with E-state index < -0.39 is 25.2 Å². The number of rotatable bonds is 7. The third-order valence-corrected chi connectivity index (χ3v) is 7.32. The first-order valence-electron chi connectivity index (χ1n) is 11.5. The third-order valence-electron chi connectivity index (χ3n) is 5.61. The van der Waals surface area contributed by atoms with E-state index in [1.807, 2.05) is 26.8 Å². The fourth-order valence-electron chi connectivity index (χ4n) is 3.53. The molecule has 6 nitrogen and oxygen atoms in total. The molecule has 2 aromatic carbocycles. The zero-order valence-electron chi connectivity index (χ0n) is 21.0. The molecule has 0 fully saturated rings. The molecule has 0 radical (unpaired) electrons. The van der Waals surface area contributed by atoms with Crippen LogP contribution in [0, 0.1) is 0 Å². The number of hydrogen-bond donors (Lipinski definition) is 1. The molecule has 0 unspecified atom stereocenters. The van der Waals surface area contributed by atoms with Crippen molar-refractivity contribution in [1.29, 1.82) is 0 Å². The largest absolute Gasteiger partial charge is 0.505 e. The summed E-state index contributed by atoms with van der Waals surface area (Å²) >= 11 is 0. The number of aromatic hydroxyl groups is 1. The van der Waals surface area contributed by atoms with E-state index in [-0.39, 0.29) is 34.9 Å². The summed E-state index contributed by atoms with van der Waals surface area (Å²) in [4.78, 5) is 13.4. The Morgan fingerprint density at radius 3 is 2.31 bits per heavy atom. The van der Waals surface area contributed by atoms with Gasteiger partial charge < -0.3 is 9.84 Å². The van der Waals surface area contributed by atoms with E-state index in [9.17, 15) is 23.1 Å². The number of carbonyl (C=O) groups excluding carboxylic acids is 1. The highest BCUT2D eigenvalue weighted by molar-refractivity contribution is 6.76. The van der Waals surface area contributed by atoms with Gasteiger partial charge in [-0.05, 0) is 47.7 Å². The summed E-state index contributed by atoms with van der Waals surface area (Å²) in [6.07, 6.45) is -3.95. The average molecular weight is 508 g/mol. The Hall–Kier alpha value is -2.88. The molecule has 35 heavy (non-hydrogen) atoms. The van der Waals surface area contributed by atoms with Crippen molar-refractivity contribution < 1.29 is 27.8 Å². The Kier molecular flexibility index (Phi) is 7.36. The minimum absolute atomic E-state index is 0.0599. The summed E-state index contributed by atoms with van der Waals surface area (Å²) in [5.74, 6) is -0.354. The van der Waals surface area contributed by atoms with Gasteiger partial charge in [0.2, 0.25) is 0 Å². The van der Waals surface area contributed by atoms with Crippen LogP contribution in [-0.2, 0) is 27.5 Å². The van der Waals surface area contributed by atoms with Crippen LogP contribution in [0.1, 0.15) is 43.9 Å². The van der Waals surface area contributed by atoms with Crippen molar-refractivity contribution >= 4 is 25.1 Å². The molecule has 0 aliphatic carbocycles. The van der Waals surface area contributed by atoms with Crippen molar-refractivity contribution in [1.82, 2.24) is 15.0 Å². The summed E-state index contributed by atoms with van der Waals surface area (Å²) < 4.78 is 44.7. The van der Waals surface area contributed by atoms with Gasteiger partial charge in [0.05, 0.1) is 12.2 Å². The first kappa shape index (κ1) is 26.7. The molecule has 1 N–H and O–H groups in total. The van der Waals surface area contributed by atoms with Gasteiger partial charge in [-0.1, -0.05) is 46.5 Å². The van der Waals surface area contributed by atoms with E-state index in [1.54, 1.807) is 6.07 Å². The quantitative estimate of drug-likeness (QED) is 0.302. The number of halogens is 3. The standard InChI is InChI=1S/C25H32F3N3O3Si/c1-24(2,3)18-13-16(7-10-22(32)34-11-12-35(4,5)6)14-21(23(18)33)31-29-19-9-8-17(25(26,27)28)15-20(19)30-31/h8-9,13-15,33H,7,10-12H2,1-6H3. The van der Waals surface area contributed by atoms with Crippen LogP contribution in [0.15, 0.2) is 30.3 Å². The molecule has 0 aliphatic rings. The van der Waals surface area contributed by atoms with Crippen LogP contribution < -0.4 is 0 Å². The van der Waals surface area contributed by atoms with E-state index in [0.29, 0.717) is 18.6 Å². The summed E-state index contributed by atoms with van der Waals surface area (Å²) in [5, 5.41) is 19.5. The number of alkyl halides is 3. The molecule has 0 spiro atoms. The summed E-state index contributed by atoms with van der Waals surface area (Å²) in [6.45, 7) is 12.8. The number of nitrogens with zero attached hydrogens (tertiary/aromatic N) is 3. The maximum Gasteiger partial charge on any atom is 0.416 e. The molecule has 10 heteroatoms. The number of aromatic nitrogens is 3. The second kappa shape index (κ2) is 9.64. The number of hydrogen-bond acceptors (Lipinski definition) is 5. The first-order valence-corrected chi connectivity index (χ1v) is 15.2. The normalized spacial score (nSPS) is 12.8. The fraction of sp³-hybridized carbons (Fsp3) is 0.480. The minimum Gasteiger partial charge on any atom is -0.505 e. The van der Waals surface area contributed by atoms with Gasteiger partial charge in [-0.2, -0.15) is 13.2 Å². The van der Waals surface area contributed by atoms with Gasteiger partial charge in [-0.15, -0.1) is 15.0 Å². The first-order chi connectivity index (χ1) is 16.0. The monoisotopic (exact) mass is 507 g/mol. The lowest BCUT2D eigenvalue weighted by Gasteiger charge is -2.23. The molecule has 0 bridgehead atoms. The van der Waals surface area contributed by atoms with Gasteiger partial charge in [-0.25, -0.2) is 0 Å². The van der Waals surface area contributed by atoms with Crippen molar-refractivity contribution in [2.24, 2.45) is 0 Å². The lowest BCUT2D eigenvalue weighted by molar-refractivity contribution is -0.143. The van der Waals surface area contributed by atoms with Crippen LogP contribution in [0.25, 0.3) is 16.7 Å². The van der Waals surface area contributed by atoms with Crippen molar-refractivity contribution in [2.75, 3.05) is 6.61 Å². The Morgan fingerprint density at radius 2 is 1.71 bits per heavy atom. The summed E-state index contributed by atoms with van der Waals surface area (Å²) in [5.41, 5.74) is 0.695. The molecule has 0 aliphatic heterocycles. The second-order valence-corrected chi connectivity index (χ2v) is 16.6. The van der Waals surface area contributed by atoms with Crippen LogP contribution in [0.4, 0.5) is 13.2 Å². The lowest BCUT2D eigenvalue weighted by Crippen LogP contribution is -2.22. The van der Waals surface area contributed by atoms with Crippen molar-refractivity contribution in [3.05, 3.63) is 47.0 Å². The average Bonchev–Trinajstić information content (AvgIpc) is 3.13. The summed E-state index contributed by atoms with van der Waals surface area (Å²) in [6, 6.07) is 7.52. The highest BCUT2D eigenvalue weighted by atomic mass is 28.3. The van der Waals surface area contributed by atoms with Gasteiger partial charge in [-0.3, -0.25) is 4.79 Å². The number of aryl methyl sites for hydroxylation is 1. The predicted octanol–water partition coefficient (Wildman–Crippen LogP) is 6.26. The van der Waals surface area contributed by atoms with E-state index in [4.69, 9.17) is 4.74 Å². The predicted molar refractivity (Wildman–Crippen MR) is 132 cm³/mol. The molecule has 0 amide bonds. The highest BCUT2D eigenvalue weighted by Gasteiger charge is 2.31. The Balaban J connectivity index is 1.92. The van der Waals surface area contributed by atoms with Crippen LogP contribution in [0.3, 0.4) is 0 Å². The van der Waals surface area contributed by atoms with Crippen molar-refractivity contribution in [3.63, 3.8) is 0 Å². The van der Waals surface area contributed by atoms with Crippen molar-refractivity contribution in [3.8, 4) is 11.4 Å². The Morgan fingerprint density at radius 1 is 1.06 bits per heavy atom. The van der Waals surface area contributed by atoms with Crippen LogP contribution >= 0.6 is 0 Å². The molecule has 1 heterocycles. The highest BCUT2D eigenvalue weighted by Crippen LogP contribution is 2.37. The van der Waals surface area contributed by atoms with Gasteiger partial charge >= 0.3 is 12.1 Å². The van der Waals surface area contributed by atoms with Crippen LogP contribution in [-0.4, -0.2) is 40.8 Å². The number of benzene rings is 2. The maximum atomic E-state index is 13.1. The number of carbonyl (C=O) groups is 1. The Labute approximate surface area is 204 Å². The second-order valence-electron chi connectivity index (χ2n) is 11.0. The molecule has 0 saturated heterocycles. The number of ether oxygens (including phenoxy) is 1. The smallest absolute Gasteiger partial charge is 0.416 e. The number of phenols is 1. The molecule has 0 saturated carbocycles. The zero-order chi connectivity index (χ0) is 26.2. The van der Waals surface area contributed by atoms with Gasteiger partial charge in [0.15, 0.2) is 0 Å². The molecule has 3 aromatic rings.